The van der Waals surface area contributed by atoms with Crippen LogP contribution in [0.5, 0.6) is 0 Å². The molecule has 32 heavy (non-hydrogen) atoms. The third-order valence-electron chi connectivity index (χ3n) is 4.25. The average molecular weight is 614 g/mol. The van der Waals surface area contributed by atoms with E-state index in [9.17, 15) is 0 Å². The van der Waals surface area contributed by atoms with E-state index < -0.39 is 0 Å². The molecule has 0 bridgehead atoms. The summed E-state index contributed by atoms with van der Waals surface area (Å²) in [7, 11) is 1.68. The molecule has 0 fully saturated rings. The fraction of sp³-hybridized carbons (Fsp3) is 0.391. The molecule has 0 spiro atoms. The van der Waals surface area contributed by atoms with Crippen LogP contribution in [0, 0.1) is 0 Å². The minimum atomic E-state index is 0. The predicted molar refractivity (Wildman–Crippen MR) is 125 cm³/mol. The van der Waals surface area contributed by atoms with Gasteiger partial charge < -0.3 is 20.7 Å². The van der Waals surface area contributed by atoms with E-state index in [1.165, 1.54) is 6.42 Å². The first kappa shape index (κ1) is 27.3. The molecule has 3 aromatic heterocycles. The van der Waals surface area contributed by atoms with Crippen molar-refractivity contribution in [2.75, 3.05) is 7.05 Å². The van der Waals surface area contributed by atoms with Gasteiger partial charge in [-0.25, -0.2) is 0 Å². The van der Waals surface area contributed by atoms with Crippen molar-refractivity contribution in [2.24, 2.45) is 5.10 Å². The minimum Gasteiger partial charge on any atom is -0.604 e. The smallest absolute Gasteiger partial charge is 0.604 e. The van der Waals surface area contributed by atoms with E-state index in [0.717, 1.165) is 60.6 Å². The predicted octanol–water partition coefficient (Wildman–Crippen LogP) is 4.88. The quantitative estimate of drug-likeness (QED) is 0.239. The molecule has 9 heteroatoms. The number of nitrogens with zero attached hydrogens (tertiary/aromatic N) is 8. The standard InChI is InChI=1S/C12H17N4.C11H13N4.Pt/c1-3-4-5-11(16-13-2)6-7-12-10-14-8-9-15-12;1-2-3-4-9-7-10(15-14-9)11-8-12-5-6-13-11;/h6-10H,3-5H2,1-2H3;5-8H,2-4H2,1H3;/q2*-1;+2/b7-6+,16-11-;;. The van der Waals surface area contributed by atoms with Crippen LogP contribution in [0.15, 0.2) is 54.4 Å². The van der Waals surface area contributed by atoms with Crippen LogP contribution in [0.2, 0.25) is 0 Å². The molecule has 3 rings (SSSR count). The second kappa shape index (κ2) is 16.9. The number of unbranched alkanes of at least 4 members (excludes halogenated alkanes) is 2. The van der Waals surface area contributed by atoms with Crippen molar-refractivity contribution in [1.82, 2.24) is 30.1 Å². The molecule has 0 atom stereocenters. The summed E-state index contributed by atoms with van der Waals surface area (Å²) >= 11 is 0. The number of hydrogen-bond acceptors (Lipinski definition) is 6. The number of allylic oxidation sites excluding steroid dienone is 1. The second-order valence-corrected chi connectivity index (χ2v) is 6.77. The van der Waals surface area contributed by atoms with Crippen molar-refractivity contribution in [1.29, 1.82) is 0 Å². The zero-order valence-corrected chi connectivity index (χ0v) is 21.1. The van der Waals surface area contributed by atoms with Crippen LogP contribution in [0.4, 0.5) is 0 Å². The third-order valence-corrected chi connectivity index (χ3v) is 4.25. The molecule has 0 aromatic carbocycles. The van der Waals surface area contributed by atoms with Crippen molar-refractivity contribution in [3.05, 3.63) is 66.1 Å². The van der Waals surface area contributed by atoms with Gasteiger partial charge in [0.2, 0.25) is 0 Å². The molecule has 0 unspecified atom stereocenters. The Kier molecular flexibility index (Phi) is 14.4. The zero-order valence-electron chi connectivity index (χ0n) is 18.8. The van der Waals surface area contributed by atoms with E-state index in [0.29, 0.717) is 0 Å². The van der Waals surface area contributed by atoms with Crippen molar-refractivity contribution in [2.45, 2.75) is 52.4 Å². The molecule has 172 valence electrons. The van der Waals surface area contributed by atoms with E-state index in [4.69, 9.17) is 0 Å². The van der Waals surface area contributed by atoms with E-state index in [1.807, 2.05) is 18.2 Å². The summed E-state index contributed by atoms with van der Waals surface area (Å²) in [6, 6.07) is 1.99. The Hall–Kier alpha value is -2.73. The summed E-state index contributed by atoms with van der Waals surface area (Å²) in [5, 5.41) is 12.3. The van der Waals surface area contributed by atoms with Gasteiger partial charge in [-0.15, -0.1) is 7.05 Å². The molecule has 3 aromatic rings. The van der Waals surface area contributed by atoms with Crippen LogP contribution in [-0.4, -0.2) is 37.8 Å². The molecule has 0 radical (unpaired) electrons. The molecule has 8 nitrogen and oxygen atoms in total. The average Bonchev–Trinajstić information content (AvgIpc) is 3.30. The van der Waals surface area contributed by atoms with E-state index in [-0.39, 0.29) is 21.1 Å². The van der Waals surface area contributed by atoms with Crippen LogP contribution in [0.25, 0.3) is 22.9 Å². The van der Waals surface area contributed by atoms with Gasteiger partial charge in [0.05, 0.1) is 23.8 Å². The number of rotatable bonds is 10. The summed E-state index contributed by atoms with van der Waals surface area (Å²) in [5.41, 5.74) is 8.26. The van der Waals surface area contributed by atoms with E-state index in [2.05, 4.69) is 54.5 Å². The number of aromatic nitrogens is 6. The molecule has 0 saturated heterocycles. The molecular formula is C23H30N8Pt. The van der Waals surface area contributed by atoms with Crippen molar-refractivity contribution >= 4 is 11.8 Å². The molecule has 0 saturated carbocycles. The van der Waals surface area contributed by atoms with Gasteiger partial charge in [-0.05, 0) is 37.8 Å². The number of hydrogen-bond donors (Lipinski definition) is 0. The molecule has 0 aliphatic heterocycles. The zero-order chi connectivity index (χ0) is 22.2. The minimum absolute atomic E-state index is 0. The van der Waals surface area contributed by atoms with Crippen LogP contribution in [0.3, 0.4) is 0 Å². The Morgan fingerprint density at radius 3 is 2.41 bits per heavy atom. The van der Waals surface area contributed by atoms with Gasteiger partial charge in [-0.1, -0.05) is 38.4 Å². The maximum Gasteiger partial charge on any atom is 2.00 e. The van der Waals surface area contributed by atoms with Gasteiger partial charge in [0.1, 0.15) is 0 Å². The second-order valence-electron chi connectivity index (χ2n) is 6.77. The molecule has 0 aliphatic carbocycles. The van der Waals surface area contributed by atoms with Gasteiger partial charge in [0.15, 0.2) is 0 Å². The Labute approximate surface area is 204 Å². The largest absolute Gasteiger partial charge is 2.00 e. The molecule has 0 aliphatic rings. The first-order chi connectivity index (χ1) is 15.3. The van der Waals surface area contributed by atoms with Crippen molar-refractivity contribution < 1.29 is 21.1 Å². The molecule has 0 amide bonds. The topological polar surface area (TPSA) is 105 Å². The van der Waals surface area contributed by atoms with Gasteiger partial charge >= 0.3 is 21.1 Å². The van der Waals surface area contributed by atoms with Crippen LogP contribution in [-0.2, 0) is 27.5 Å². The summed E-state index contributed by atoms with van der Waals surface area (Å²) in [6.45, 7) is 4.33. The first-order valence-electron chi connectivity index (χ1n) is 10.6. The summed E-state index contributed by atoms with van der Waals surface area (Å²) < 4.78 is 0. The van der Waals surface area contributed by atoms with Gasteiger partial charge in [0, 0.05) is 36.2 Å². The molecular weight excluding hydrogens is 583 g/mol. The normalized spacial score (nSPS) is 10.9. The van der Waals surface area contributed by atoms with Crippen LogP contribution >= 0.6 is 0 Å². The fourth-order valence-corrected chi connectivity index (χ4v) is 2.60. The summed E-state index contributed by atoms with van der Waals surface area (Å²) in [6.07, 6.45) is 20.5. The van der Waals surface area contributed by atoms with Gasteiger partial charge in [0.25, 0.3) is 0 Å². The third kappa shape index (κ3) is 10.5. The molecule has 0 N–H and O–H groups in total. The summed E-state index contributed by atoms with van der Waals surface area (Å²) in [5.74, 6) is 0. The number of aryl methyl sites for hydroxylation is 1. The van der Waals surface area contributed by atoms with E-state index >= 15 is 0 Å². The Morgan fingerprint density at radius 1 is 1.03 bits per heavy atom. The SMILES string of the molecule is CCCCC(/C=C/c1cnccn1)=N/[N-]C.CCCCc1cc(-c2cnccn2)[n-]n1.[Pt+2]. The maximum absolute atomic E-state index is 4.18. The van der Waals surface area contributed by atoms with Crippen LogP contribution in [0.1, 0.15) is 57.3 Å². The van der Waals surface area contributed by atoms with Crippen molar-refractivity contribution in [3.63, 3.8) is 0 Å². The Morgan fingerprint density at radius 2 is 1.78 bits per heavy atom. The molecule has 3 heterocycles. The Balaban J connectivity index is 0.000000311. The maximum atomic E-state index is 4.18. The van der Waals surface area contributed by atoms with Gasteiger partial charge in [-0.2, -0.15) is 0 Å². The first-order valence-corrected chi connectivity index (χ1v) is 10.6. The van der Waals surface area contributed by atoms with Crippen LogP contribution < -0.4 is 5.10 Å². The summed E-state index contributed by atoms with van der Waals surface area (Å²) in [4.78, 5) is 16.3. The fourth-order valence-electron chi connectivity index (χ4n) is 2.60. The monoisotopic (exact) mass is 613 g/mol. The Bertz CT molecular complexity index is 910. The van der Waals surface area contributed by atoms with E-state index in [1.54, 1.807) is 44.2 Å². The van der Waals surface area contributed by atoms with Crippen molar-refractivity contribution in [3.8, 4) is 11.4 Å². The van der Waals surface area contributed by atoms with Gasteiger partial charge in [-0.3, -0.25) is 19.9 Å².